The second-order valence-corrected chi connectivity index (χ2v) is 6.16. The van der Waals surface area contributed by atoms with Crippen LogP contribution in [-0.4, -0.2) is 28.2 Å². The number of nitrogens with zero attached hydrogens (tertiary/aromatic N) is 2. The molecular weight excluding hydrogens is 282 g/mol. The molecule has 0 radical (unpaired) electrons. The number of hydrogen-bond donors (Lipinski definition) is 2. The first-order chi connectivity index (χ1) is 9.29. The molecule has 0 spiro atoms. The van der Waals surface area contributed by atoms with Gasteiger partial charge in [0.25, 0.3) is 0 Å². The largest absolute Gasteiger partial charge is 0.396 e. The van der Waals surface area contributed by atoms with Gasteiger partial charge in [0.05, 0.1) is 5.39 Å². The van der Waals surface area contributed by atoms with Crippen LogP contribution in [0.4, 0.5) is 5.82 Å². The number of aryl methyl sites for hydroxylation is 2. The number of halogens is 1. The zero-order valence-corrected chi connectivity index (χ0v) is 12.2. The summed E-state index contributed by atoms with van der Waals surface area (Å²) in [5, 5.41) is 13.6. The predicted octanol–water partition coefficient (Wildman–Crippen LogP) is 3.02. The Balaban J connectivity index is 2.05. The van der Waals surface area contributed by atoms with E-state index in [2.05, 4.69) is 15.3 Å². The Hall–Kier alpha value is -0.910. The minimum absolute atomic E-state index is 0.177. The van der Waals surface area contributed by atoms with Gasteiger partial charge in [-0.1, -0.05) is 0 Å². The maximum Gasteiger partial charge on any atom is 0.225 e. The second-order valence-electron chi connectivity index (χ2n) is 4.74. The predicted molar refractivity (Wildman–Crippen MR) is 79.3 cm³/mol. The van der Waals surface area contributed by atoms with Crippen molar-refractivity contribution in [1.29, 1.82) is 0 Å². The van der Waals surface area contributed by atoms with Gasteiger partial charge in [0.2, 0.25) is 5.28 Å². The molecule has 102 valence electrons. The number of aliphatic hydroxyl groups excluding tert-OH is 1. The molecule has 0 unspecified atom stereocenters. The van der Waals surface area contributed by atoms with Crippen LogP contribution in [0.1, 0.15) is 29.7 Å². The fraction of sp³-hybridized carbons (Fsp3) is 0.538. The summed E-state index contributed by atoms with van der Waals surface area (Å²) in [7, 11) is 0. The van der Waals surface area contributed by atoms with Crippen LogP contribution in [0.15, 0.2) is 0 Å². The lowest BCUT2D eigenvalue weighted by Gasteiger charge is -2.12. The van der Waals surface area contributed by atoms with Crippen molar-refractivity contribution in [3.05, 3.63) is 15.7 Å². The summed E-state index contributed by atoms with van der Waals surface area (Å²) in [5.74, 6) is 0.822. The van der Waals surface area contributed by atoms with Gasteiger partial charge in [0.15, 0.2) is 0 Å². The third-order valence-electron chi connectivity index (χ3n) is 3.41. The molecular formula is C13H16ClN3OS. The number of aliphatic hydroxyl groups is 1. The maximum atomic E-state index is 8.87. The maximum absolute atomic E-state index is 8.87. The molecule has 3 rings (SSSR count). The number of fused-ring (bicyclic) bond motifs is 3. The normalized spacial score (nSPS) is 14.6. The standard InChI is InChI=1S/C13H16ClN3OS/c14-13-16-11(15-6-3-7-18)10-8-4-1-2-5-9(8)19-12(10)17-13/h18H,1-7H2,(H,15,16,17). The lowest BCUT2D eigenvalue weighted by atomic mass is 9.97. The molecule has 2 aromatic rings. The van der Waals surface area contributed by atoms with Crippen LogP contribution >= 0.6 is 22.9 Å². The van der Waals surface area contributed by atoms with Crippen molar-refractivity contribution in [3.8, 4) is 0 Å². The topological polar surface area (TPSA) is 58.0 Å². The van der Waals surface area contributed by atoms with Crippen LogP contribution in [0.25, 0.3) is 10.2 Å². The van der Waals surface area contributed by atoms with E-state index in [9.17, 15) is 0 Å². The zero-order valence-electron chi connectivity index (χ0n) is 10.6. The van der Waals surface area contributed by atoms with E-state index in [1.165, 1.54) is 23.3 Å². The van der Waals surface area contributed by atoms with Crippen LogP contribution in [-0.2, 0) is 12.8 Å². The highest BCUT2D eigenvalue weighted by Crippen LogP contribution is 2.38. The Labute approximate surface area is 120 Å². The lowest BCUT2D eigenvalue weighted by Crippen LogP contribution is -2.07. The first-order valence-corrected chi connectivity index (χ1v) is 7.81. The molecule has 0 saturated carbocycles. The van der Waals surface area contributed by atoms with E-state index in [1.807, 2.05) is 0 Å². The first kappa shape index (κ1) is 13.1. The van der Waals surface area contributed by atoms with E-state index in [0.717, 1.165) is 28.9 Å². The van der Waals surface area contributed by atoms with Crippen LogP contribution in [0.3, 0.4) is 0 Å². The van der Waals surface area contributed by atoms with Crippen molar-refractivity contribution in [2.75, 3.05) is 18.5 Å². The van der Waals surface area contributed by atoms with Crippen LogP contribution in [0.5, 0.6) is 0 Å². The number of thiophene rings is 1. The minimum atomic E-state index is 0.177. The smallest absolute Gasteiger partial charge is 0.225 e. The number of hydrogen-bond acceptors (Lipinski definition) is 5. The Morgan fingerprint density at radius 3 is 2.95 bits per heavy atom. The van der Waals surface area contributed by atoms with Gasteiger partial charge in [0.1, 0.15) is 10.6 Å². The molecule has 2 N–H and O–H groups in total. The zero-order chi connectivity index (χ0) is 13.2. The summed E-state index contributed by atoms with van der Waals surface area (Å²) < 4.78 is 0. The van der Waals surface area contributed by atoms with E-state index < -0.39 is 0 Å². The second kappa shape index (κ2) is 5.61. The lowest BCUT2D eigenvalue weighted by molar-refractivity contribution is 0.292. The molecule has 2 heterocycles. The number of nitrogens with one attached hydrogen (secondary N) is 1. The molecule has 0 amide bonds. The van der Waals surface area contributed by atoms with Gasteiger partial charge in [-0.05, 0) is 49.3 Å². The molecule has 4 nitrogen and oxygen atoms in total. The molecule has 0 fully saturated rings. The van der Waals surface area contributed by atoms with Gasteiger partial charge in [0, 0.05) is 18.0 Å². The summed E-state index contributed by atoms with van der Waals surface area (Å²) in [4.78, 5) is 11.1. The van der Waals surface area contributed by atoms with Crippen molar-refractivity contribution in [1.82, 2.24) is 9.97 Å². The van der Waals surface area contributed by atoms with E-state index in [1.54, 1.807) is 11.3 Å². The average Bonchev–Trinajstić information content (AvgIpc) is 2.76. The van der Waals surface area contributed by atoms with Crippen LogP contribution in [0.2, 0.25) is 5.28 Å². The van der Waals surface area contributed by atoms with Crippen molar-refractivity contribution in [2.24, 2.45) is 0 Å². The molecule has 1 aliphatic carbocycles. The Morgan fingerprint density at radius 1 is 1.26 bits per heavy atom. The van der Waals surface area contributed by atoms with Crippen molar-refractivity contribution in [2.45, 2.75) is 32.1 Å². The highest BCUT2D eigenvalue weighted by molar-refractivity contribution is 7.19. The van der Waals surface area contributed by atoms with Gasteiger partial charge < -0.3 is 10.4 Å². The molecule has 0 aliphatic heterocycles. The highest BCUT2D eigenvalue weighted by Gasteiger charge is 2.20. The van der Waals surface area contributed by atoms with Gasteiger partial charge in [-0.25, -0.2) is 9.97 Å². The van der Waals surface area contributed by atoms with E-state index in [-0.39, 0.29) is 11.9 Å². The van der Waals surface area contributed by atoms with Crippen molar-refractivity contribution in [3.63, 3.8) is 0 Å². The fourth-order valence-electron chi connectivity index (χ4n) is 2.55. The molecule has 0 aromatic carbocycles. The van der Waals surface area contributed by atoms with E-state index in [4.69, 9.17) is 16.7 Å². The van der Waals surface area contributed by atoms with Crippen molar-refractivity contribution >= 4 is 39.0 Å². The Kier molecular flexibility index (Phi) is 3.86. The van der Waals surface area contributed by atoms with Crippen LogP contribution < -0.4 is 5.32 Å². The third-order valence-corrected chi connectivity index (χ3v) is 4.77. The molecule has 0 saturated heterocycles. The van der Waals surface area contributed by atoms with Gasteiger partial charge in [-0.2, -0.15) is 0 Å². The molecule has 1 aliphatic rings. The Morgan fingerprint density at radius 2 is 2.11 bits per heavy atom. The van der Waals surface area contributed by atoms with Gasteiger partial charge in [-0.15, -0.1) is 11.3 Å². The number of aromatic nitrogens is 2. The SMILES string of the molecule is OCCCNc1nc(Cl)nc2sc3c(c12)CCCC3. The fourth-order valence-corrected chi connectivity index (χ4v) is 4.03. The Bertz CT molecular complexity index is 599. The number of anilines is 1. The highest BCUT2D eigenvalue weighted by atomic mass is 35.5. The quantitative estimate of drug-likeness (QED) is 0.673. The van der Waals surface area contributed by atoms with Gasteiger partial charge in [-0.3, -0.25) is 0 Å². The van der Waals surface area contributed by atoms with E-state index in [0.29, 0.717) is 13.0 Å². The molecule has 6 heteroatoms. The van der Waals surface area contributed by atoms with Crippen molar-refractivity contribution < 1.29 is 5.11 Å². The summed E-state index contributed by atoms with van der Waals surface area (Å²) in [6.07, 6.45) is 5.44. The molecule has 0 bridgehead atoms. The summed E-state index contributed by atoms with van der Waals surface area (Å²) in [6.45, 7) is 0.875. The monoisotopic (exact) mass is 297 g/mol. The third kappa shape index (κ3) is 2.55. The molecule has 0 atom stereocenters. The summed E-state index contributed by atoms with van der Waals surface area (Å²) in [5.41, 5.74) is 1.40. The summed E-state index contributed by atoms with van der Waals surface area (Å²) in [6, 6.07) is 0. The molecule has 2 aromatic heterocycles. The first-order valence-electron chi connectivity index (χ1n) is 6.62. The molecule has 19 heavy (non-hydrogen) atoms. The minimum Gasteiger partial charge on any atom is -0.396 e. The van der Waals surface area contributed by atoms with Crippen LogP contribution in [0, 0.1) is 0 Å². The average molecular weight is 298 g/mol. The number of rotatable bonds is 4. The summed E-state index contributed by atoms with van der Waals surface area (Å²) >= 11 is 7.74. The van der Waals surface area contributed by atoms with Gasteiger partial charge >= 0.3 is 0 Å². The van der Waals surface area contributed by atoms with E-state index >= 15 is 0 Å².